The van der Waals surface area contributed by atoms with Crippen molar-refractivity contribution < 1.29 is 0 Å². The summed E-state index contributed by atoms with van der Waals surface area (Å²) >= 11 is 1.28. The van der Waals surface area contributed by atoms with Crippen molar-refractivity contribution in [2.75, 3.05) is 0 Å². The van der Waals surface area contributed by atoms with E-state index in [1.807, 2.05) is 32.3 Å². The first kappa shape index (κ1) is 24.2. The van der Waals surface area contributed by atoms with E-state index >= 15 is 0 Å². The summed E-state index contributed by atoms with van der Waals surface area (Å²) in [6.07, 6.45) is 4.91. The van der Waals surface area contributed by atoms with Gasteiger partial charge in [-0.15, -0.1) is 5.10 Å². The minimum absolute atomic E-state index is 0.0505. The molecule has 0 spiro atoms. The van der Waals surface area contributed by atoms with E-state index in [1.165, 1.54) is 17.3 Å². The van der Waals surface area contributed by atoms with Crippen LogP contribution in [-0.2, 0) is 13.0 Å². The average molecular weight is 485 g/mol. The molecule has 0 aliphatic heterocycles. The Labute approximate surface area is 201 Å². The van der Waals surface area contributed by atoms with Crippen molar-refractivity contribution in [3.63, 3.8) is 0 Å². The Morgan fingerprint density at radius 3 is 2.44 bits per heavy atom. The van der Waals surface area contributed by atoms with Gasteiger partial charge in [-0.05, 0) is 64.3 Å². The molecule has 0 bridgehead atoms. The van der Waals surface area contributed by atoms with E-state index in [0.29, 0.717) is 33.8 Å². The van der Waals surface area contributed by atoms with Gasteiger partial charge in [0.05, 0.1) is 0 Å². The van der Waals surface area contributed by atoms with Crippen molar-refractivity contribution in [2.24, 2.45) is 0 Å². The van der Waals surface area contributed by atoms with Gasteiger partial charge in [-0.2, -0.15) is 4.98 Å². The van der Waals surface area contributed by atoms with Crippen LogP contribution in [0.1, 0.15) is 76.4 Å². The molecule has 4 rings (SSSR count). The Kier molecular flexibility index (Phi) is 6.92. The highest BCUT2D eigenvalue weighted by molar-refractivity contribution is 7.99. The first-order valence-corrected chi connectivity index (χ1v) is 12.7. The number of fused-ring (bicyclic) bond motifs is 2. The van der Waals surface area contributed by atoms with Gasteiger partial charge < -0.3 is 4.57 Å². The van der Waals surface area contributed by atoms with Crippen LogP contribution in [0.3, 0.4) is 0 Å². The normalized spacial score (nSPS) is 12.0. The van der Waals surface area contributed by atoms with Gasteiger partial charge in [-0.25, -0.2) is 19.3 Å². The van der Waals surface area contributed by atoms with Crippen LogP contribution in [0.4, 0.5) is 0 Å². The van der Waals surface area contributed by atoms with Gasteiger partial charge in [-0.3, -0.25) is 14.3 Å². The van der Waals surface area contributed by atoms with Crippen LogP contribution in [0.2, 0.25) is 0 Å². The molecule has 11 heteroatoms. The van der Waals surface area contributed by atoms with Crippen molar-refractivity contribution >= 4 is 28.7 Å². The number of aromatic amines is 1. The summed E-state index contributed by atoms with van der Waals surface area (Å²) in [4.78, 5) is 41.8. The van der Waals surface area contributed by atoms with E-state index < -0.39 is 11.2 Å². The summed E-state index contributed by atoms with van der Waals surface area (Å²) < 4.78 is 5.19. The number of aromatic nitrogens is 8. The number of nitrogens with one attached hydrogen (secondary N) is 1. The maximum Gasteiger partial charge on any atom is 0.330 e. The van der Waals surface area contributed by atoms with Crippen LogP contribution < -0.4 is 11.2 Å². The van der Waals surface area contributed by atoms with Crippen LogP contribution >= 0.6 is 11.8 Å². The van der Waals surface area contributed by atoms with Crippen molar-refractivity contribution in [1.29, 1.82) is 0 Å². The van der Waals surface area contributed by atoms with E-state index in [4.69, 9.17) is 10.1 Å². The highest BCUT2D eigenvalue weighted by atomic mass is 32.2. The number of hydrogen-bond acceptors (Lipinski definition) is 7. The standard InChI is InChI=1S/C23H32N8O2S/c1-7-9-11-16-14(5)24-20-27-21(28-31(20)15(16)6)34-23-25-18-17(30(23)13(3)4)19(32)26-22(33)29(18)12-10-8-2/h13H,7-12H2,1-6H3,(H,26,32,33). The van der Waals surface area contributed by atoms with Crippen molar-refractivity contribution in [3.05, 3.63) is 37.8 Å². The van der Waals surface area contributed by atoms with Crippen LogP contribution in [0.15, 0.2) is 19.9 Å². The number of nitrogens with zero attached hydrogens (tertiary/aromatic N) is 7. The minimum Gasteiger partial charge on any atom is -0.310 e. The Hall–Kier alpha value is -2.95. The minimum atomic E-state index is -0.434. The Balaban J connectivity index is 1.83. The van der Waals surface area contributed by atoms with Crippen LogP contribution in [0.5, 0.6) is 0 Å². The molecular weight excluding hydrogens is 452 g/mol. The molecule has 0 saturated carbocycles. The van der Waals surface area contributed by atoms with E-state index in [2.05, 4.69) is 28.8 Å². The molecule has 10 nitrogen and oxygen atoms in total. The number of H-pyrrole nitrogens is 1. The first-order chi connectivity index (χ1) is 16.3. The fourth-order valence-corrected chi connectivity index (χ4v) is 5.17. The van der Waals surface area contributed by atoms with E-state index in [9.17, 15) is 9.59 Å². The molecule has 4 aromatic heterocycles. The lowest BCUT2D eigenvalue weighted by molar-refractivity contribution is 0.564. The number of aryl methyl sites for hydroxylation is 3. The summed E-state index contributed by atoms with van der Waals surface area (Å²) in [5.41, 5.74) is 3.14. The van der Waals surface area contributed by atoms with Gasteiger partial charge in [0.25, 0.3) is 11.3 Å². The number of rotatable bonds is 9. The van der Waals surface area contributed by atoms with Gasteiger partial charge in [-0.1, -0.05) is 26.7 Å². The average Bonchev–Trinajstić information content (AvgIpc) is 3.35. The van der Waals surface area contributed by atoms with Crippen LogP contribution in [-0.4, -0.2) is 38.7 Å². The highest BCUT2D eigenvalue weighted by Gasteiger charge is 2.23. The SMILES string of the molecule is CCCCc1c(C)nc2nc(Sc3nc4c(c(=O)[nH]c(=O)n4CCCC)n3C(C)C)nn2c1C. The molecule has 0 atom stereocenters. The van der Waals surface area contributed by atoms with Gasteiger partial charge in [0.15, 0.2) is 16.3 Å². The Morgan fingerprint density at radius 2 is 1.76 bits per heavy atom. The lowest BCUT2D eigenvalue weighted by Gasteiger charge is -2.11. The molecule has 0 radical (unpaired) electrons. The highest BCUT2D eigenvalue weighted by Crippen LogP contribution is 2.30. The third kappa shape index (κ3) is 4.28. The lowest BCUT2D eigenvalue weighted by Crippen LogP contribution is -2.31. The number of hydrogen-bond donors (Lipinski definition) is 1. The van der Waals surface area contributed by atoms with Gasteiger partial charge in [0.2, 0.25) is 5.16 Å². The Morgan fingerprint density at radius 1 is 1.03 bits per heavy atom. The summed E-state index contributed by atoms with van der Waals surface area (Å²) in [6.45, 7) is 12.8. The molecule has 0 saturated heterocycles. The monoisotopic (exact) mass is 484 g/mol. The van der Waals surface area contributed by atoms with Gasteiger partial charge in [0.1, 0.15) is 0 Å². The van der Waals surface area contributed by atoms with E-state index in [1.54, 1.807) is 9.08 Å². The summed E-state index contributed by atoms with van der Waals surface area (Å²) in [5, 5.41) is 5.77. The molecular formula is C23H32N8O2S. The third-order valence-electron chi connectivity index (χ3n) is 6.04. The molecule has 4 heterocycles. The number of unbranched alkanes of at least 4 members (excludes halogenated alkanes) is 2. The molecule has 4 aromatic rings. The molecule has 0 aliphatic carbocycles. The van der Waals surface area contributed by atoms with Crippen LogP contribution in [0, 0.1) is 13.8 Å². The molecule has 0 amide bonds. The fraction of sp³-hybridized carbons (Fsp3) is 0.565. The van der Waals surface area contributed by atoms with Crippen LogP contribution in [0.25, 0.3) is 16.9 Å². The molecule has 0 aromatic carbocycles. The van der Waals surface area contributed by atoms with Gasteiger partial charge in [0, 0.05) is 24.0 Å². The number of imidazole rings is 1. The molecule has 182 valence electrons. The Bertz CT molecular complexity index is 1460. The third-order valence-corrected chi connectivity index (χ3v) is 6.87. The zero-order chi connectivity index (χ0) is 24.6. The smallest absolute Gasteiger partial charge is 0.310 e. The zero-order valence-electron chi connectivity index (χ0n) is 20.7. The van der Waals surface area contributed by atoms with Crippen molar-refractivity contribution in [1.82, 2.24) is 38.7 Å². The molecule has 0 unspecified atom stereocenters. The first-order valence-electron chi connectivity index (χ1n) is 11.9. The summed E-state index contributed by atoms with van der Waals surface area (Å²) in [6, 6.07) is -0.0505. The predicted molar refractivity (Wildman–Crippen MR) is 133 cm³/mol. The van der Waals surface area contributed by atoms with Crippen molar-refractivity contribution in [2.45, 2.75) is 96.5 Å². The maximum atomic E-state index is 12.8. The molecule has 0 aliphatic rings. The maximum absolute atomic E-state index is 12.8. The zero-order valence-corrected chi connectivity index (χ0v) is 21.5. The fourth-order valence-electron chi connectivity index (χ4n) is 4.22. The van der Waals surface area contributed by atoms with Crippen molar-refractivity contribution in [3.8, 4) is 0 Å². The summed E-state index contributed by atoms with van der Waals surface area (Å²) in [5.74, 6) is 0.544. The summed E-state index contributed by atoms with van der Waals surface area (Å²) in [7, 11) is 0. The molecule has 1 N–H and O–H groups in total. The second-order valence-electron chi connectivity index (χ2n) is 8.87. The predicted octanol–water partition coefficient (Wildman–Crippen LogP) is 3.82. The lowest BCUT2D eigenvalue weighted by atomic mass is 10.1. The second kappa shape index (κ2) is 9.73. The van der Waals surface area contributed by atoms with Gasteiger partial charge >= 0.3 is 5.69 Å². The molecule has 0 fully saturated rings. The second-order valence-corrected chi connectivity index (χ2v) is 9.80. The quantitative estimate of drug-likeness (QED) is 0.384. The largest absolute Gasteiger partial charge is 0.330 e. The van der Waals surface area contributed by atoms with E-state index in [-0.39, 0.29) is 6.04 Å². The van der Waals surface area contributed by atoms with E-state index in [0.717, 1.165) is 43.5 Å². The topological polar surface area (TPSA) is 116 Å². The molecule has 34 heavy (non-hydrogen) atoms.